The van der Waals surface area contributed by atoms with Gasteiger partial charge in [-0.05, 0) is 52.1 Å². The Hall–Kier alpha value is -2.00. The number of likely N-dealkylation sites (N-methyl/N-ethyl adjacent to an activating group) is 1. The number of aryl methyl sites for hydroxylation is 1. The first-order chi connectivity index (χ1) is 13.1. The molecule has 0 amide bonds. The summed E-state index contributed by atoms with van der Waals surface area (Å²) in [5, 5.41) is 35.1. The van der Waals surface area contributed by atoms with Gasteiger partial charge in [0.05, 0.1) is 19.3 Å². The molecule has 0 heterocycles. The lowest BCUT2D eigenvalue weighted by molar-refractivity contribution is -0.212. The average molecular weight is 394 g/mol. The van der Waals surface area contributed by atoms with Crippen molar-refractivity contribution in [3.05, 3.63) is 40.6 Å². The van der Waals surface area contributed by atoms with Gasteiger partial charge in [-0.3, -0.25) is 0 Å². The molecule has 156 valence electrons. The van der Waals surface area contributed by atoms with Gasteiger partial charge in [0.15, 0.2) is 11.2 Å². The van der Waals surface area contributed by atoms with Gasteiger partial charge in [0.2, 0.25) is 0 Å². The predicted octanol–water partition coefficient (Wildman–Crippen LogP) is 1.26. The van der Waals surface area contributed by atoms with Crippen LogP contribution in [0.3, 0.4) is 0 Å². The SMILES string of the molecule is CCOC(=O)[C@]1(O)CC(c2ccc(C)cc2)C[C@](O)(C(=O)OCC)C1N(C)[O-]. The van der Waals surface area contributed by atoms with Gasteiger partial charge in [0.1, 0.15) is 0 Å². The summed E-state index contributed by atoms with van der Waals surface area (Å²) in [5.41, 5.74) is -3.04. The number of rotatable bonds is 6. The summed E-state index contributed by atoms with van der Waals surface area (Å²) in [6, 6.07) is 5.55. The molecule has 4 atom stereocenters. The first kappa shape index (κ1) is 22.3. The first-order valence-electron chi connectivity index (χ1n) is 9.35. The third kappa shape index (κ3) is 4.05. The van der Waals surface area contributed by atoms with Crippen LogP contribution in [0.1, 0.15) is 43.7 Å². The number of hydroxylamine groups is 2. The second kappa shape index (κ2) is 8.57. The van der Waals surface area contributed by atoms with Crippen LogP contribution >= 0.6 is 0 Å². The van der Waals surface area contributed by atoms with E-state index in [4.69, 9.17) is 9.47 Å². The van der Waals surface area contributed by atoms with Gasteiger partial charge in [-0.15, -0.1) is 0 Å². The van der Waals surface area contributed by atoms with Crippen molar-refractivity contribution < 1.29 is 29.3 Å². The van der Waals surface area contributed by atoms with Crippen molar-refractivity contribution in [3.63, 3.8) is 0 Å². The quantitative estimate of drug-likeness (QED) is 0.547. The minimum Gasteiger partial charge on any atom is -0.785 e. The lowest BCUT2D eigenvalue weighted by Gasteiger charge is -2.54. The number of hydrogen-bond donors (Lipinski definition) is 2. The largest absolute Gasteiger partial charge is 0.785 e. The maximum Gasteiger partial charge on any atom is 0.339 e. The molecule has 8 nitrogen and oxygen atoms in total. The maximum atomic E-state index is 12.6. The van der Waals surface area contributed by atoms with Crippen LogP contribution in [-0.2, 0) is 19.1 Å². The zero-order valence-electron chi connectivity index (χ0n) is 16.7. The molecule has 1 fully saturated rings. The zero-order valence-corrected chi connectivity index (χ0v) is 16.7. The van der Waals surface area contributed by atoms with Crippen molar-refractivity contribution in [2.45, 2.75) is 56.8 Å². The Morgan fingerprint density at radius 1 is 1.07 bits per heavy atom. The second-order valence-corrected chi connectivity index (χ2v) is 7.25. The standard InChI is InChI=1S/C20H28NO7/c1-5-27-17(22)19(24)11-15(14-9-7-13(3)8-10-14)12-20(25,16(19)21(4)26)18(23)28-6-2/h7-10,15-16,24-25H,5-6,11-12H2,1-4H3/q-1/t15?,16?,19-,20+. The summed E-state index contributed by atoms with van der Waals surface area (Å²) >= 11 is 0. The lowest BCUT2D eigenvalue weighted by atomic mass is 9.64. The summed E-state index contributed by atoms with van der Waals surface area (Å²) in [6.07, 6.45) is -0.346. The number of esters is 2. The van der Waals surface area contributed by atoms with Crippen molar-refractivity contribution in [2.24, 2.45) is 0 Å². The van der Waals surface area contributed by atoms with Crippen molar-refractivity contribution in [1.29, 1.82) is 0 Å². The summed E-state index contributed by atoms with van der Waals surface area (Å²) in [5.74, 6) is -2.68. The molecule has 0 saturated heterocycles. The normalized spacial score (nSPS) is 30.1. The van der Waals surface area contributed by atoms with Gasteiger partial charge in [0, 0.05) is 0 Å². The molecule has 1 saturated carbocycles. The molecular weight excluding hydrogens is 366 g/mol. The fourth-order valence-electron chi connectivity index (χ4n) is 4.02. The molecule has 1 aliphatic rings. The number of carbonyl (C=O) groups excluding carboxylic acids is 2. The number of hydrogen-bond acceptors (Lipinski definition) is 8. The summed E-state index contributed by atoms with van der Waals surface area (Å²) in [4.78, 5) is 25.3. The highest BCUT2D eigenvalue weighted by molar-refractivity contribution is 5.87. The molecule has 0 bridgehead atoms. The van der Waals surface area contributed by atoms with E-state index in [0.29, 0.717) is 0 Å². The first-order valence-corrected chi connectivity index (χ1v) is 9.35. The Morgan fingerprint density at radius 2 is 1.50 bits per heavy atom. The highest BCUT2D eigenvalue weighted by Crippen LogP contribution is 2.47. The van der Waals surface area contributed by atoms with E-state index in [1.807, 2.05) is 19.1 Å². The van der Waals surface area contributed by atoms with Gasteiger partial charge in [-0.25, -0.2) is 9.59 Å². The third-order valence-corrected chi connectivity index (χ3v) is 5.19. The van der Waals surface area contributed by atoms with Crippen LogP contribution in [0, 0.1) is 12.1 Å². The van der Waals surface area contributed by atoms with Crippen LogP contribution in [0.2, 0.25) is 0 Å². The third-order valence-electron chi connectivity index (χ3n) is 5.19. The Morgan fingerprint density at radius 3 is 1.86 bits per heavy atom. The van der Waals surface area contributed by atoms with E-state index in [2.05, 4.69) is 0 Å². The number of ether oxygens (including phenoxy) is 2. The molecule has 28 heavy (non-hydrogen) atoms. The van der Waals surface area contributed by atoms with Gasteiger partial charge < -0.3 is 30.0 Å². The van der Waals surface area contributed by atoms with E-state index in [-0.39, 0.29) is 31.1 Å². The van der Waals surface area contributed by atoms with Crippen LogP contribution in [0.4, 0.5) is 0 Å². The van der Waals surface area contributed by atoms with E-state index < -0.39 is 35.1 Å². The number of aliphatic hydroxyl groups is 2. The van der Waals surface area contributed by atoms with Gasteiger partial charge in [-0.2, -0.15) is 0 Å². The minimum atomic E-state index is -2.39. The van der Waals surface area contributed by atoms with Gasteiger partial charge in [0.25, 0.3) is 0 Å². The topological polar surface area (TPSA) is 119 Å². The molecule has 2 unspecified atom stereocenters. The molecular formula is C20H28NO7-. The molecule has 0 aliphatic heterocycles. The van der Waals surface area contributed by atoms with Crippen molar-refractivity contribution in [3.8, 4) is 0 Å². The Balaban J connectivity index is 2.58. The van der Waals surface area contributed by atoms with Crippen LogP contribution < -0.4 is 0 Å². The molecule has 2 N–H and O–H groups in total. The molecule has 2 rings (SSSR count). The fourth-order valence-corrected chi connectivity index (χ4v) is 4.02. The number of benzene rings is 1. The minimum absolute atomic E-state index is 0.0243. The van der Waals surface area contributed by atoms with Gasteiger partial charge in [-0.1, -0.05) is 29.8 Å². The maximum absolute atomic E-state index is 12.6. The van der Waals surface area contributed by atoms with Crippen molar-refractivity contribution in [1.82, 2.24) is 5.06 Å². The molecule has 0 aromatic heterocycles. The Kier molecular flexibility index (Phi) is 6.82. The summed E-state index contributed by atoms with van der Waals surface area (Å²) in [6.45, 7) is 4.99. The van der Waals surface area contributed by atoms with Crippen LogP contribution in [-0.4, -0.2) is 64.7 Å². The molecule has 1 aliphatic carbocycles. The smallest absolute Gasteiger partial charge is 0.339 e. The summed E-state index contributed by atoms with van der Waals surface area (Å²) in [7, 11) is 1.05. The molecule has 1 aromatic rings. The van der Waals surface area contributed by atoms with Crippen LogP contribution in [0.15, 0.2) is 24.3 Å². The van der Waals surface area contributed by atoms with Crippen LogP contribution in [0.25, 0.3) is 0 Å². The molecule has 0 radical (unpaired) electrons. The predicted molar refractivity (Wildman–Crippen MR) is 101 cm³/mol. The van der Waals surface area contributed by atoms with E-state index in [0.717, 1.165) is 18.2 Å². The average Bonchev–Trinajstić information content (AvgIpc) is 2.61. The van der Waals surface area contributed by atoms with E-state index in [1.54, 1.807) is 26.0 Å². The Bertz CT molecular complexity index is 671. The monoisotopic (exact) mass is 394 g/mol. The van der Waals surface area contributed by atoms with E-state index >= 15 is 0 Å². The number of nitrogens with zero attached hydrogens (tertiary/aromatic N) is 1. The van der Waals surface area contributed by atoms with Crippen molar-refractivity contribution in [2.75, 3.05) is 20.3 Å². The van der Waals surface area contributed by atoms with E-state index in [1.165, 1.54) is 0 Å². The van der Waals surface area contributed by atoms with Gasteiger partial charge >= 0.3 is 11.9 Å². The van der Waals surface area contributed by atoms with E-state index in [9.17, 15) is 25.0 Å². The lowest BCUT2D eigenvalue weighted by Crippen LogP contribution is -2.72. The Labute approximate surface area is 164 Å². The fraction of sp³-hybridized carbons (Fsp3) is 0.600. The molecule has 1 aromatic carbocycles. The molecule has 0 spiro atoms. The second-order valence-electron chi connectivity index (χ2n) is 7.25. The van der Waals surface area contributed by atoms with Crippen molar-refractivity contribution >= 4 is 11.9 Å². The molecule has 8 heteroatoms. The zero-order chi connectivity index (χ0) is 21.1. The highest BCUT2D eigenvalue weighted by Gasteiger charge is 2.64. The van der Waals surface area contributed by atoms with Crippen LogP contribution in [0.5, 0.6) is 0 Å². The highest BCUT2D eigenvalue weighted by atomic mass is 16.6. The number of carbonyl (C=O) groups is 2. The summed E-state index contributed by atoms with van der Waals surface area (Å²) < 4.78 is 9.97.